The number of hydrogen-bond donors (Lipinski definition) is 0. The molecule has 6 nitrogen and oxygen atoms in total. The van der Waals surface area contributed by atoms with E-state index in [9.17, 15) is 14.4 Å². The number of ether oxygens (including phenoxy) is 2. The second-order valence-corrected chi connectivity index (χ2v) is 8.02. The lowest BCUT2D eigenvalue weighted by atomic mass is 9.81. The van der Waals surface area contributed by atoms with Gasteiger partial charge in [0.1, 0.15) is 11.5 Å². The summed E-state index contributed by atoms with van der Waals surface area (Å²) >= 11 is 0. The average Bonchev–Trinajstić information content (AvgIpc) is 3.42. The molecule has 2 aromatic rings. The third kappa shape index (κ3) is 2.82. The number of methoxy groups -OCH3 is 1. The van der Waals surface area contributed by atoms with Crippen molar-refractivity contribution < 1.29 is 23.9 Å². The molecule has 1 saturated heterocycles. The molecule has 29 heavy (non-hydrogen) atoms. The molecule has 2 amide bonds. The Morgan fingerprint density at radius 1 is 0.931 bits per heavy atom. The maximum Gasteiger partial charge on any atom is 0.343 e. The van der Waals surface area contributed by atoms with Crippen LogP contribution in [0.15, 0.2) is 48.5 Å². The van der Waals surface area contributed by atoms with E-state index in [2.05, 4.69) is 0 Å². The summed E-state index contributed by atoms with van der Waals surface area (Å²) in [6.45, 7) is 0. The van der Waals surface area contributed by atoms with Crippen LogP contribution in [0.3, 0.4) is 0 Å². The first-order chi connectivity index (χ1) is 14.1. The van der Waals surface area contributed by atoms with Gasteiger partial charge in [0.05, 0.1) is 30.2 Å². The van der Waals surface area contributed by atoms with Gasteiger partial charge in [0.25, 0.3) is 0 Å². The number of imide groups is 1. The highest BCUT2D eigenvalue weighted by Crippen LogP contribution is 2.56. The van der Waals surface area contributed by atoms with Gasteiger partial charge in [-0.05, 0) is 61.4 Å². The molecule has 0 spiro atoms. The number of benzene rings is 2. The number of amides is 2. The normalized spacial score (nSPS) is 27.3. The van der Waals surface area contributed by atoms with Crippen LogP contribution in [0.2, 0.25) is 0 Å². The minimum absolute atomic E-state index is 0.108. The Balaban J connectivity index is 1.38. The Morgan fingerprint density at radius 2 is 1.59 bits per heavy atom. The third-order valence-electron chi connectivity index (χ3n) is 6.52. The van der Waals surface area contributed by atoms with Crippen LogP contribution in [0.1, 0.15) is 29.6 Å². The van der Waals surface area contributed by atoms with Crippen LogP contribution in [-0.4, -0.2) is 24.9 Å². The van der Waals surface area contributed by atoms with Gasteiger partial charge in [-0.25, -0.2) is 9.69 Å². The summed E-state index contributed by atoms with van der Waals surface area (Å²) in [4.78, 5) is 39.8. The number of rotatable bonds is 4. The summed E-state index contributed by atoms with van der Waals surface area (Å²) in [6.07, 6.45) is 3.08. The molecular formula is C23H21NO5. The fourth-order valence-corrected chi connectivity index (χ4v) is 5.27. The van der Waals surface area contributed by atoms with Crippen molar-refractivity contribution in [3.63, 3.8) is 0 Å². The van der Waals surface area contributed by atoms with E-state index in [1.165, 1.54) is 12.0 Å². The molecule has 3 fully saturated rings. The van der Waals surface area contributed by atoms with Gasteiger partial charge >= 0.3 is 5.97 Å². The topological polar surface area (TPSA) is 72.9 Å². The number of nitrogens with zero attached hydrogens (tertiary/aromatic N) is 1. The maximum atomic E-state index is 13.0. The fraction of sp³-hybridized carbons (Fsp3) is 0.348. The lowest BCUT2D eigenvalue weighted by Gasteiger charge is -2.19. The molecule has 3 aliphatic rings. The van der Waals surface area contributed by atoms with Crippen LogP contribution in [-0.2, 0) is 9.59 Å². The molecule has 2 aromatic carbocycles. The highest BCUT2D eigenvalue weighted by atomic mass is 16.5. The Kier molecular flexibility index (Phi) is 4.15. The first kappa shape index (κ1) is 17.9. The minimum Gasteiger partial charge on any atom is -0.497 e. The number of fused-ring (bicyclic) bond motifs is 5. The van der Waals surface area contributed by atoms with Gasteiger partial charge in [0, 0.05) is 6.07 Å². The van der Waals surface area contributed by atoms with E-state index in [0.717, 1.165) is 19.3 Å². The molecule has 1 heterocycles. The van der Waals surface area contributed by atoms with Gasteiger partial charge in [0.2, 0.25) is 11.8 Å². The Hall–Kier alpha value is -3.15. The monoisotopic (exact) mass is 391 g/mol. The number of carbonyl (C=O) groups excluding carboxylic acids is 3. The first-order valence-corrected chi connectivity index (χ1v) is 9.91. The van der Waals surface area contributed by atoms with E-state index in [0.29, 0.717) is 28.8 Å². The van der Waals surface area contributed by atoms with E-state index in [1.54, 1.807) is 48.5 Å². The second-order valence-electron chi connectivity index (χ2n) is 8.02. The number of anilines is 1. The molecule has 2 saturated carbocycles. The van der Waals surface area contributed by atoms with Crippen molar-refractivity contribution in [2.45, 2.75) is 19.3 Å². The number of esters is 1. The number of hydrogen-bond acceptors (Lipinski definition) is 5. The van der Waals surface area contributed by atoms with Gasteiger partial charge in [-0.1, -0.05) is 12.1 Å². The van der Waals surface area contributed by atoms with Crippen LogP contribution in [0.4, 0.5) is 5.69 Å². The highest BCUT2D eigenvalue weighted by molar-refractivity contribution is 6.22. The van der Waals surface area contributed by atoms with Gasteiger partial charge < -0.3 is 9.47 Å². The van der Waals surface area contributed by atoms with Crippen molar-refractivity contribution >= 4 is 23.5 Å². The molecule has 0 N–H and O–H groups in total. The standard InChI is InChI=1S/C23H21NO5/c1-28-17-6-2-4-15(11-17)23(27)29-18-7-3-5-16(12-18)24-21(25)19-13-8-9-14(10-13)20(19)22(24)26/h2-7,11-14,19-20H,8-10H2,1H3/t13-,14+,19-,20+. The SMILES string of the molecule is COc1cccc(C(=O)Oc2cccc(N3C(=O)[C@@H]4[C@@H]5CC[C@@H](C5)[C@@H]4C3=O)c2)c1. The highest BCUT2D eigenvalue weighted by Gasteiger charge is 2.61. The Labute approximate surface area is 168 Å². The van der Waals surface area contributed by atoms with Crippen molar-refractivity contribution in [2.75, 3.05) is 12.0 Å². The molecule has 0 radical (unpaired) electrons. The summed E-state index contributed by atoms with van der Waals surface area (Å²) in [6, 6.07) is 13.3. The summed E-state index contributed by atoms with van der Waals surface area (Å²) in [5.41, 5.74) is 0.818. The van der Waals surface area contributed by atoms with Crippen molar-refractivity contribution in [1.29, 1.82) is 0 Å². The fourth-order valence-electron chi connectivity index (χ4n) is 5.27. The molecule has 4 atom stereocenters. The Morgan fingerprint density at radius 3 is 2.28 bits per heavy atom. The quantitative estimate of drug-likeness (QED) is 0.453. The molecule has 1 aliphatic heterocycles. The van der Waals surface area contributed by atoms with Crippen LogP contribution in [0.5, 0.6) is 11.5 Å². The van der Waals surface area contributed by atoms with Crippen LogP contribution in [0, 0.1) is 23.7 Å². The predicted molar refractivity (Wildman–Crippen MR) is 105 cm³/mol. The first-order valence-electron chi connectivity index (χ1n) is 9.91. The van der Waals surface area contributed by atoms with E-state index >= 15 is 0 Å². The van der Waals surface area contributed by atoms with Crippen LogP contribution >= 0.6 is 0 Å². The van der Waals surface area contributed by atoms with Crippen molar-refractivity contribution in [1.82, 2.24) is 0 Å². The zero-order chi connectivity index (χ0) is 20.1. The van der Waals surface area contributed by atoms with E-state index < -0.39 is 5.97 Å². The lowest BCUT2D eigenvalue weighted by molar-refractivity contribution is -0.123. The van der Waals surface area contributed by atoms with E-state index in [4.69, 9.17) is 9.47 Å². The van der Waals surface area contributed by atoms with Gasteiger partial charge in [-0.2, -0.15) is 0 Å². The zero-order valence-corrected chi connectivity index (χ0v) is 16.0. The van der Waals surface area contributed by atoms with Crippen LogP contribution < -0.4 is 14.4 Å². The zero-order valence-electron chi connectivity index (χ0n) is 16.0. The van der Waals surface area contributed by atoms with Crippen molar-refractivity contribution in [3.05, 3.63) is 54.1 Å². The molecular weight excluding hydrogens is 370 g/mol. The van der Waals surface area contributed by atoms with E-state index in [1.807, 2.05) is 0 Å². The summed E-state index contributed by atoms with van der Waals surface area (Å²) in [7, 11) is 1.53. The summed E-state index contributed by atoms with van der Waals surface area (Å²) < 4.78 is 10.6. The predicted octanol–water partition coefficient (Wildman–Crippen LogP) is 3.45. The summed E-state index contributed by atoms with van der Waals surface area (Å²) in [5, 5.41) is 0. The molecule has 2 bridgehead atoms. The van der Waals surface area contributed by atoms with Gasteiger partial charge in [-0.15, -0.1) is 0 Å². The Bertz CT molecular complexity index is 988. The van der Waals surface area contributed by atoms with Crippen molar-refractivity contribution in [3.8, 4) is 11.5 Å². The maximum absolute atomic E-state index is 13.0. The van der Waals surface area contributed by atoms with Gasteiger partial charge in [0.15, 0.2) is 0 Å². The minimum atomic E-state index is -0.532. The average molecular weight is 391 g/mol. The molecule has 2 aliphatic carbocycles. The van der Waals surface area contributed by atoms with Gasteiger partial charge in [-0.3, -0.25) is 9.59 Å². The molecule has 6 heteroatoms. The van der Waals surface area contributed by atoms with Crippen LogP contribution in [0.25, 0.3) is 0 Å². The van der Waals surface area contributed by atoms with Crippen molar-refractivity contribution in [2.24, 2.45) is 23.7 Å². The summed E-state index contributed by atoms with van der Waals surface area (Å²) in [5.74, 6) is 0.412. The number of carbonyl (C=O) groups is 3. The second kappa shape index (κ2) is 6.72. The molecule has 148 valence electrons. The lowest BCUT2D eigenvalue weighted by Crippen LogP contribution is -2.32. The molecule has 5 rings (SSSR count). The smallest absolute Gasteiger partial charge is 0.343 e. The van der Waals surface area contributed by atoms with E-state index in [-0.39, 0.29) is 29.4 Å². The largest absolute Gasteiger partial charge is 0.497 e. The third-order valence-corrected chi connectivity index (χ3v) is 6.52. The molecule has 0 aromatic heterocycles. The molecule has 0 unspecified atom stereocenters.